The van der Waals surface area contributed by atoms with E-state index >= 15 is 0 Å². The Kier molecular flexibility index (Phi) is 7.38. The summed E-state index contributed by atoms with van der Waals surface area (Å²) in [5.74, 6) is 0. The maximum atomic E-state index is 13.3. The van der Waals surface area contributed by atoms with E-state index in [2.05, 4.69) is 11.4 Å². The van der Waals surface area contributed by atoms with Crippen molar-refractivity contribution in [3.8, 4) is 0 Å². The first-order valence-corrected chi connectivity index (χ1v) is 11.5. The molecule has 0 bridgehead atoms. The van der Waals surface area contributed by atoms with Crippen LogP contribution in [-0.4, -0.2) is 15.0 Å². The summed E-state index contributed by atoms with van der Waals surface area (Å²) in [4.78, 5) is 0.0562. The highest BCUT2D eigenvalue weighted by molar-refractivity contribution is 7.96. The van der Waals surface area contributed by atoms with Gasteiger partial charge in [-0.15, -0.1) is 4.49 Å². The van der Waals surface area contributed by atoms with Crippen molar-refractivity contribution in [2.75, 3.05) is 6.61 Å². The van der Waals surface area contributed by atoms with Crippen LogP contribution < -0.4 is 9.80 Å². The third kappa shape index (κ3) is 5.79. The Balaban J connectivity index is 2.22. The maximum Gasteiger partial charge on any atom is 0.313 e. The summed E-state index contributed by atoms with van der Waals surface area (Å²) >= 11 is 0. The molecule has 7 heteroatoms. The van der Waals surface area contributed by atoms with Crippen LogP contribution in [0.1, 0.15) is 32.6 Å². The van der Waals surface area contributed by atoms with Gasteiger partial charge in [0.2, 0.25) is 10.0 Å². The topological polar surface area (TPSA) is 72.5 Å². The van der Waals surface area contributed by atoms with Gasteiger partial charge in [0.15, 0.2) is 0 Å². The third-order valence-electron chi connectivity index (χ3n) is 3.66. The summed E-state index contributed by atoms with van der Waals surface area (Å²) in [6.45, 7) is 2.34. The van der Waals surface area contributed by atoms with Gasteiger partial charge in [0.1, 0.15) is 0 Å². The van der Waals surface area contributed by atoms with Crippen LogP contribution in [0.5, 0.6) is 0 Å². The molecule has 1 unspecified atom stereocenters. The second kappa shape index (κ2) is 9.30. The first-order valence-electron chi connectivity index (χ1n) is 8.37. The minimum absolute atomic E-state index is 0.0562. The zero-order chi connectivity index (χ0) is 18.2. The predicted molar refractivity (Wildman–Crippen MR) is 101 cm³/mol. The van der Waals surface area contributed by atoms with Crippen molar-refractivity contribution in [2.24, 2.45) is 0 Å². The first kappa shape index (κ1) is 19.9. The molecule has 0 heterocycles. The van der Waals surface area contributed by atoms with Crippen molar-refractivity contribution in [3.05, 3.63) is 60.7 Å². The van der Waals surface area contributed by atoms with Crippen LogP contribution in [0.3, 0.4) is 0 Å². The third-order valence-corrected chi connectivity index (χ3v) is 8.00. The summed E-state index contributed by atoms with van der Waals surface area (Å²) in [5, 5.41) is 0.338. The Morgan fingerprint density at radius 3 is 2.12 bits per heavy atom. The van der Waals surface area contributed by atoms with Crippen molar-refractivity contribution in [3.63, 3.8) is 0 Å². The van der Waals surface area contributed by atoms with E-state index in [1.54, 1.807) is 48.5 Å². The summed E-state index contributed by atoms with van der Waals surface area (Å²) in [6, 6.07) is 16.3. The Morgan fingerprint density at radius 1 is 0.920 bits per heavy atom. The van der Waals surface area contributed by atoms with E-state index in [4.69, 9.17) is 4.52 Å². The molecule has 5 nitrogen and oxygen atoms in total. The van der Waals surface area contributed by atoms with Crippen LogP contribution in [-0.2, 0) is 19.1 Å². The fraction of sp³-hybridized carbons (Fsp3) is 0.333. The van der Waals surface area contributed by atoms with Crippen LogP contribution in [0.25, 0.3) is 0 Å². The zero-order valence-corrected chi connectivity index (χ0v) is 16.0. The molecule has 2 rings (SSSR count). The molecule has 2 aromatic carbocycles. The van der Waals surface area contributed by atoms with Gasteiger partial charge in [0.05, 0.1) is 16.8 Å². The lowest BCUT2D eigenvalue weighted by Crippen LogP contribution is -2.27. The van der Waals surface area contributed by atoms with E-state index in [0.29, 0.717) is 5.30 Å². The van der Waals surface area contributed by atoms with Gasteiger partial charge in [-0.1, -0.05) is 62.6 Å². The molecule has 2 aromatic rings. The second-order valence-electron chi connectivity index (χ2n) is 5.69. The highest BCUT2D eigenvalue weighted by atomic mass is 32.2. The summed E-state index contributed by atoms with van der Waals surface area (Å²) < 4.78 is 46.4. The van der Waals surface area contributed by atoms with E-state index in [1.807, 2.05) is 0 Å². The molecule has 136 valence electrons. The van der Waals surface area contributed by atoms with Gasteiger partial charge in [-0.25, -0.2) is 8.42 Å². The van der Waals surface area contributed by atoms with Gasteiger partial charge in [-0.05, 0) is 30.7 Å². The molecular formula is C18H24NO4PS. The number of sulfonamides is 1. The van der Waals surface area contributed by atoms with E-state index in [1.165, 1.54) is 12.1 Å². The van der Waals surface area contributed by atoms with Crippen molar-refractivity contribution in [2.45, 2.75) is 37.5 Å². The summed E-state index contributed by atoms with van der Waals surface area (Å²) in [5.41, 5.74) is 0. The SMILES string of the molecule is CCCCCCOP(=O)(NS(=O)(=O)c1ccccc1)c1ccccc1. The summed E-state index contributed by atoms with van der Waals surface area (Å²) in [7, 11) is -7.70. The minimum atomic E-state index is -3.95. The lowest BCUT2D eigenvalue weighted by molar-refractivity contribution is 0.306. The van der Waals surface area contributed by atoms with Crippen molar-refractivity contribution in [1.82, 2.24) is 4.49 Å². The molecule has 0 aliphatic heterocycles. The number of unbranched alkanes of at least 4 members (excludes halogenated alkanes) is 3. The Hall–Kier alpha value is -1.46. The van der Waals surface area contributed by atoms with Crippen LogP contribution in [0, 0.1) is 0 Å². The van der Waals surface area contributed by atoms with E-state index in [0.717, 1.165) is 25.7 Å². The maximum absolute atomic E-state index is 13.3. The van der Waals surface area contributed by atoms with Crippen LogP contribution in [0.2, 0.25) is 0 Å². The van der Waals surface area contributed by atoms with Crippen LogP contribution in [0.4, 0.5) is 0 Å². The molecule has 0 fully saturated rings. The first-order chi connectivity index (χ1) is 12.0. The van der Waals surface area contributed by atoms with Gasteiger partial charge in [0.25, 0.3) is 0 Å². The molecule has 0 aliphatic rings. The number of benzene rings is 2. The lowest BCUT2D eigenvalue weighted by Gasteiger charge is -2.20. The highest BCUT2D eigenvalue weighted by Gasteiger charge is 2.32. The van der Waals surface area contributed by atoms with Crippen molar-refractivity contribution in [1.29, 1.82) is 0 Å². The predicted octanol–water partition coefficient (Wildman–Crippen LogP) is 4.08. The average molecular weight is 381 g/mol. The number of nitrogens with one attached hydrogen (secondary N) is 1. The van der Waals surface area contributed by atoms with Crippen molar-refractivity contribution >= 4 is 22.8 Å². The molecular weight excluding hydrogens is 357 g/mol. The van der Waals surface area contributed by atoms with Gasteiger partial charge >= 0.3 is 7.52 Å². The summed E-state index contributed by atoms with van der Waals surface area (Å²) in [6.07, 6.45) is 3.83. The highest BCUT2D eigenvalue weighted by Crippen LogP contribution is 2.43. The molecule has 1 atom stereocenters. The van der Waals surface area contributed by atoms with Gasteiger partial charge in [-0.3, -0.25) is 4.57 Å². The molecule has 25 heavy (non-hydrogen) atoms. The molecule has 0 aliphatic carbocycles. The molecule has 0 radical (unpaired) electrons. The molecule has 1 N–H and O–H groups in total. The molecule has 0 spiro atoms. The van der Waals surface area contributed by atoms with E-state index < -0.39 is 17.5 Å². The fourth-order valence-electron chi connectivity index (χ4n) is 2.31. The van der Waals surface area contributed by atoms with Crippen molar-refractivity contribution < 1.29 is 17.5 Å². The second-order valence-corrected chi connectivity index (χ2v) is 9.77. The van der Waals surface area contributed by atoms with E-state index in [-0.39, 0.29) is 11.5 Å². The fourth-order valence-corrected chi connectivity index (χ4v) is 6.25. The molecule has 0 saturated carbocycles. The zero-order valence-electron chi connectivity index (χ0n) is 14.3. The smallest absolute Gasteiger partial charge is 0.313 e. The minimum Gasteiger partial charge on any atom is -0.314 e. The van der Waals surface area contributed by atoms with E-state index in [9.17, 15) is 13.0 Å². The Bertz CT molecular complexity index is 794. The van der Waals surface area contributed by atoms with Gasteiger partial charge in [-0.2, -0.15) is 0 Å². The number of hydrogen-bond donors (Lipinski definition) is 1. The molecule has 0 aromatic heterocycles. The van der Waals surface area contributed by atoms with Crippen LogP contribution >= 0.6 is 7.52 Å². The monoisotopic (exact) mass is 381 g/mol. The Morgan fingerprint density at radius 2 is 1.52 bits per heavy atom. The standard InChI is InChI=1S/C18H24NO4PS/c1-2-3-4-11-16-23-24(20,17-12-7-5-8-13-17)19-25(21,22)18-14-9-6-10-15-18/h5-10,12-15H,2-4,11,16H2,1H3,(H,19,20). The average Bonchev–Trinajstić information content (AvgIpc) is 2.63. The quantitative estimate of drug-likeness (QED) is 0.497. The van der Waals surface area contributed by atoms with Gasteiger partial charge < -0.3 is 4.52 Å². The Labute approximate surface area is 150 Å². The largest absolute Gasteiger partial charge is 0.314 e. The van der Waals surface area contributed by atoms with Crippen LogP contribution in [0.15, 0.2) is 65.6 Å². The number of hydrogen-bond acceptors (Lipinski definition) is 4. The number of rotatable bonds is 10. The van der Waals surface area contributed by atoms with Gasteiger partial charge in [0, 0.05) is 0 Å². The normalized spacial score (nSPS) is 14.1. The molecule has 0 saturated heterocycles. The lowest BCUT2D eigenvalue weighted by atomic mass is 10.2. The molecule has 0 amide bonds.